The van der Waals surface area contributed by atoms with Gasteiger partial charge >= 0.3 is 6.18 Å². The molecule has 8 atom stereocenters. The number of rotatable bonds is 4. The van der Waals surface area contributed by atoms with Crippen LogP contribution in [0.4, 0.5) is 13.2 Å². The molecule has 0 heterocycles. The van der Waals surface area contributed by atoms with Crippen LogP contribution >= 0.6 is 0 Å². The molecule has 4 aliphatic carbocycles. The van der Waals surface area contributed by atoms with Crippen LogP contribution in [0.5, 0.6) is 0 Å². The second-order valence-electron chi connectivity index (χ2n) is 11.7. The molecule has 0 aromatic rings. The van der Waals surface area contributed by atoms with E-state index in [1.165, 1.54) is 5.57 Å². The van der Waals surface area contributed by atoms with Crippen LogP contribution in [0.25, 0.3) is 0 Å². The number of carbonyl (C=O) groups is 1. The van der Waals surface area contributed by atoms with Crippen LogP contribution in [0, 0.1) is 40.4 Å². The minimum Gasteiger partial charge on any atom is -0.390 e. The Morgan fingerprint density at radius 1 is 1.19 bits per heavy atom. The van der Waals surface area contributed by atoms with Gasteiger partial charge in [0.05, 0.1) is 5.60 Å². The van der Waals surface area contributed by atoms with Gasteiger partial charge in [-0.15, -0.1) is 0 Å². The topological polar surface area (TPSA) is 37.3 Å². The summed E-state index contributed by atoms with van der Waals surface area (Å²) in [5.41, 5.74) is 1.06. The van der Waals surface area contributed by atoms with Gasteiger partial charge in [-0.1, -0.05) is 44.6 Å². The molecule has 0 spiro atoms. The van der Waals surface area contributed by atoms with Crippen LogP contribution in [-0.2, 0) is 4.79 Å². The van der Waals surface area contributed by atoms with Gasteiger partial charge in [-0.25, -0.2) is 0 Å². The fraction of sp³-hybridized carbons (Fsp3) is 0.808. The summed E-state index contributed by atoms with van der Waals surface area (Å²) in [6.45, 7) is 8.69. The van der Waals surface area contributed by atoms with E-state index in [4.69, 9.17) is 0 Å². The maximum absolute atomic E-state index is 12.6. The second kappa shape index (κ2) is 7.46. The molecule has 1 N–H and O–H groups in total. The van der Waals surface area contributed by atoms with E-state index < -0.39 is 24.0 Å². The van der Waals surface area contributed by atoms with Crippen molar-refractivity contribution >= 4 is 5.78 Å². The molecule has 0 saturated heterocycles. The van der Waals surface area contributed by atoms with Gasteiger partial charge in [0.25, 0.3) is 0 Å². The largest absolute Gasteiger partial charge is 0.449 e. The Hall–Kier alpha value is -1.10. The smallest absolute Gasteiger partial charge is 0.390 e. The highest BCUT2D eigenvalue weighted by Gasteiger charge is 2.58. The standard InChI is InChI=1S/C26H37F3O2/c1-16(5-10-22(30)26(27,28)29)19-8-9-20-18-7-6-17-15-23(2,31)13-14-24(17,3)21(18)11-12-25(19,20)4/h6,8-9,16,18-21,31H,5,7,10-15H2,1-4H3/t16-,18?,19-,20?,21?,23+,24+,25-/m1/s1. The van der Waals surface area contributed by atoms with Crippen LogP contribution in [0.1, 0.15) is 79.1 Å². The molecule has 3 unspecified atom stereocenters. The average molecular weight is 439 g/mol. The molecular weight excluding hydrogens is 401 g/mol. The molecule has 2 saturated carbocycles. The van der Waals surface area contributed by atoms with Crippen molar-refractivity contribution in [1.29, 1.82) is 0 Å². The third-order valence-electron chi connectivity index (χ3n) is 9.72. The lowest BCUT2D eigenvalue weighted by Gasteiger charge is -2.59. The van der Waals surface area contributed by atoms with Crippen molar-refractivity contribution < 1.29 is 23.1 Å². The van der Waals surface area contributed by atoms with Crippen molar-refractivity contribution in [3.05, 3.63) is 23.8 Å². The normalized spacial score (nSPS) is 45.4. The lowest BCUT2D eigenvalue weighted by atomic mass is 9.46. The number of fused-ring (bicyclic) bond motifs is 5. The van der Waals surface area contributed by atoms with E-state index in [1.807, 2.05) is 13.8 Å². The number of allylic oxidation sites excluding steroid dienone is 3. The molecular formula is C26H37F3O2. The minimum absolute atomic E-state index is 0.0593. The lowest BCUT2D eigenvalue weighted by molar-refractivity contribution is -0.171. The maximum atomic E-state index is 12.6. The highest BCUT2D eigenvalue weighted by Crippen LogP contribution is 2.66. The van der Waals surface area contributed by atoms with Crippen LogP contribution in [0.15, 0.2) is 23.8 Å². The summed E-state index contributed by atoms with van der Waals surface area (Å²) < 4.78 is 37.9. The molecule has 0 aliphatic heterocycles. The van der Waals surface area contributed by atoms with Gasteiger partial charge in [0, 0.05) is 6.42 Å². The van der Waals surface area contributed by atoms with Crippen LogP contribution < -0.4 is 0 Å². The molecule has 0 radical (unpaired) electrons. The first-order valence-electron chi connectivity index (χ1n) is 12.0. The Balaban J connectivity index is 1.50. The number of hydrogen-bond donors (Lipinski definition) is 1. The molecule has 174 valence electrons. The van der Waals surface area contributed by atoms with Crippen molar-refractivity contribution in [1.82, 2.24) is 0 Å². The quantitative estimate of drug-likeness (QED) is 0.500. The lowest BCUT2D eigenvalue weighted by Crippen LogP contribution is -2.52. The molecule has 2 fully saturated rings. The molecule has 0 bridgehead atoms. The summed E-state index contributed by atoms with van der Waals surface area (Å²) in [5, 5.41) is 10.6. The Morgan fingerprint density at radius 2 is 1.90 bits per heavy atom. The first-order chi connectivity index (χ1) is 14.3. The molecule has 4 aliphatic rings. The van der Waals surface area contributed by atoms with Crippen molar-refractivity contribution in [2.24, 2.45) is 40.4 Å². The van der Waals surface area contributed by atoms with E-state index in [2.05, 4.69) is 32.1 Å². The van der Waals surface area contributed by atoms with Gasteiger partial charge in [0.1, 0.15) is 0 Å². The Labute approximate surface area is 184 Å². The number of Topliss-reactive ketones (excluding diaryl/α,β-unsaturated/α-hetero) is 1. The first kappa shape index (κ1) is 23.1. The highest BCUT2D eigenvalue weighted by atomic mass is 19.4. The average Bonchev–Trinajstić information content (AvgIpc) is 3.02. The number of hydrogen-bond acceptors (Lipinski definition) is 2. The summed E-state index contributed by atoms with van der Waals surface area (Å²) in [5.74, 6) is 0.286. The monoisotopic (exact) mass is 438 g/mol. The second-order valence-corrected chi connectivity index (χ2v) is 11.7. The fourth-order valence-electron chi connectivity index (χ4n) is 7.82. The zero-order chi connectivity index (χ0) is 22.8. The summed E-state index contributed by atoms with van der Waals surface area (Å²) in [6.07, 6.45) is 8.05. The van der Waals surface area contributed by atoms with Gasteiger partial charge < -0.3 is 5.11 Å². The van der Waals surface area contributed by atoms with E-state index >= 15 is 0 Å². The third-order valence-corrected chi connectivity index (χ3v) is 9.72. The number of aliphatic hydroxyl groups is 1. The van der Waals surface area contributed by atoms with E-state index in [0.29, 0.717) is 24.2 Å². The van der Waals surface area contributed by atoms with Crippen molar-refractivity contribution in [2.45, 2.75) is 90.8 Å². The summed E-state index contributed by atoms with van der Waals surface area (Å²) in [4.78, 5) is 11.4. The molecule has 5 heteroatoms. The first-order valence-corrected chi connectivity index (χ1v) is 12.0. The van der Waals surface area contributed by atoms with Crippen LogP contribution in [0.2, 0.25) is 0 Å². The third kappa shape index (κ3) is 3.83. The molecule has 2 nitrogen and oxygen atoms in total. The number of alkyl halides is 3. The van der Waals surface area contributed by atoms with Gasteiger partial charge in [0.15, 0.2) is 0 Å². The van der Waals surface area contributed by atoms with Gasteiger partial charge in [-0.3, -0.25) is 4.79 Å². The highest BCUT2D eigenvalue weighted by molar-refractivity contribution is 5.83. The van der Waals surface area contributed by atoms with Gasteiger partial charge in [-0.2, -0.15) is 13.2 Å². The van der Waals surface area contributed by atoms with Crippen LogP contribution in [-0.4, -0.2) is 22.7 Å². The van der Waals surface area contributed by atoms with Gasteiger partial charge in [-0.05, 0) is 92.3 Å². The molecule has 31 heavy (non-hydrogen) atoms. The SMILES string of the molecule is C[C@H](CCC(=O)C(F)(F)F)[C@H]1C=CC2C3CC=C4C[C@@](C)(O)CC[C@]4(C)C3CC[C@@]21C. The van der Waals surface area contributed by atoms with E-state index in [1.54, 1.807) is 0 Å². The number of ketones is 1. The van der Waals surface area contributed by atoms with E-state index in [0.717, 1.165) is 38.5 Å². The zero-order valence-corrected chi connectivity index (χ0v) is 19.3. The van der Waals surface area contributed by atoms with Crippen molar-refractivity contribution in [3.8, 4) is 0 Å². The van der Waals surface area contributed by atoms with E-state index in [-0.39, 0.29) is 22.7 Å². The Bertz CT molecular complexity index is 795. The van der Waals surface area contributed by atoms with Crippen molar-refractivity contribution in [3.63, 3.8) is 0 Å². The molecule has 0 amide bonds. The molecule has 4 rings (SSSR count). The predicted octanol–water partition coefficient (Wildman–Crippen LogP) is 6.64. The Kier molecular flexibility index (Phi) is 5.55. The Morgan fingerprint density at radius 3 is 2.58 bits per heavy atom. The zero-order valence-electron chi connectivity index (χ0n) is 19.3. The van der Waals surface area contributed by atoms with E-state index in [9.17, 15) is 23.1 Å². The number of halogens is 3. The summed E-state index contributed by atoms with van der Waals surface area (Å²) in [7, 11) is 0. The maximum Gasteiger partial charge on any atom is 0.449 e. The molecule has 0 aromatic carbocycles. The number of carbonyl (C=O) groups excluding carboxylic acids is 1. The minimum atomic E-state index is -4.72. The predicted molar refractivity (Wildman–Crippen MR) is 115 cm³/mol. The van der Waals surface area contributed by atoms with Crippen LogP contribution in [0.3, 0.4) is 0 Å². The fourth-order valence-corrected chi connectivity index (χ4v) is 7.82. The summed E-state index contributed by atoms with van der Waals surface area (Å²) in [6, 6.07) is 0. The van der Waals surface area contributed by atoms with Gasteiger partial charge in [0.2, 0.25) is 5.78 Å². The summed E-state index contributed by atoms with van der Waals surface area (Å²) >= 11 is 0. The molecule has 0 aromatic heterocycles. The van der Waals surface area contributed by atoms with Crippen molar-refractivity contribution in [2.75, 3.05) is 0 Å².